The lowest BCUT2D eigenvalue weighted by Gasteiger charge is -2.41. The highest BCUT2D eigenvalue weighted by Crippen LogP contribution is 2.34. The minimum absolute atomic E-state index is 0.0194. The zero-order valence-electron chi connectivity index (χ0n) is 8.54. The van der Waals surface area contributed by atoms with Crippen molar-refractivity contribution in [2.24, 2.45) is 5.92 Å². The lowest BCUT2D eigenvalue weighted by molar-refractivity contribution is -0.147. The molecule has 2 atom stereocenters. The van der Waals surface area contributed by atoms with E-state index in [0.717, 1.165) is 0 Å². The number of carbonyl (C=O) groups excluding carboxylic acids is 1. The van der Waals surface area contributed by atoms with Crippen LogP contribution in [0.15, 0.2) is 0 Å². The predicted octanol–water partition coefficient (Wildman–Crippen LogP) is 1.03. The topological polar surface area (TPSA) is 38.3 Å². The molecule has 1 amide bonds. The fraction of sp³-hybridized carbons (Fsp3) is 0.900. The fourth-order valence-electron chi connectivity index (χ4n) is 2.09. The summed E-state index contributed by atoms with van der Waals surface area (Å²) in [5, 5.41) is 2.90. The van der Waals surface area contributed by atoms with Crippen molar-refractivity contribution in [2.75, 3.05) is 24.7 Å². The Morgan fingerprint density at radius 2 is 2.50 bits per heavy atom. The molecular formula is C10H17NO2S. The third-order valence-electron chi connectivity index (χ3n) is 3.19. The molecule has 14 heavy (non-hydrogen) atoms. The van der Waals surface area contributed by atoms with Crippen LogP contribution in [0.2, 0.25) is 0 Å². The number of thioether (sulfide) groups is 1. The van der Waals surface area contributed by atoms with Crippen molar-refractivity contribution < 1.29 is 9.53 Å². The summed E-state index contributed by atoms with van der Waals surface area (Å²) in [5.41, 5.74) is -0.124. The van der Waals surface area contributed by atoms with E-state index in [1.54, 1.807) is 0 Å². The smallest absolute Gasteiger partial charge is 0.246 e. The minimum atomic E-state index is -0.124. The maximum absolute atomic E-state index is 11.0. The van der Waals surface area contributed by atoms with Gasteiger partial charge in [0.05, 0.1) is 5.60 Å². The summed E-state index contributed by atoms with van der Waals surface area (Å²) in [6.07, 6.45) is 2.52. The highest BCUT2D eigenvalue weighted by molar-refractivity contribution is 7.99. The summed E-state index contributed by atoms with van der Waals surface area (Å²) in [7, 11) is 0. The van der Waals surface area contributed by atoms with Gasteiger partial charge in [0.15, 0.2) is 0 Å². The molecule has 2 heterocycles. The zero-order valence-corrected chi connectivity index (χ0v) is 9.36. The van der Waals surface area contributed by atoms with E-state index < -0.39 is 0 Å². The van der Waals surface area contributed by atoms with Crippen LogP contribution in [0.4, 0.5) is 0 Å². The number of hydrogen-bond acceptors (Lipinski definition) is 3. The summed E-state index contributed by atoms with van der Waals surface area (Å²) in [5.74, 6) is 3.07. The van der Waals surface area contributed by atoms with Gasteiger partial charge >= 0.3 is 0 Å². The van der Waals surface area contributed by atoms with Gasteiger partial charge in [-0.15, -0.1) is 0 Å². The first kappa shape index (κ1) is 10.3. The average molecular weight is 215 g/mol. The van der Waals surface area contributed by atoms with Crippen LogP contribution in [-0.2, 0) is 9.53 Å². The average Bonchev–Trinajstić information content (AvgIpc) is 2.24. The highest BCUT2D eigenvalue weighted by Gasteiger charge is 2.39. The molecule has 2 aliphatic rings. The first-order valence-electron chi connectivity index (χ1n) is 5.19. The van der Waals surface area contributed by atoms with Crippen LogP contribution in [0.3, 0.4) is 0 Å². The third kappa shape index (κ3) is 2.06. The molecule has 0 aromatic heterocycles. The predicted molar refractivity (Wildman–Crippen MR) is 57.4 cm³/mol. The Labute approximate surface area is 89.0 Å². The minimum Gasteiger partial charge on any atom is -0.363 e. The molecule has 0 saturated carbocycles. The van der Waals surface area contributed by atoms with Crippen LogP contribution in [0.5, 0.6) is 0 Å². The first-order chi connectivity index (χ1) is 6.71. The molecule has 0 radical (unpaired) electrons. The number of ether oxygens (including phenoxy) is 1. The molecule has 0 aromatic carbocycles. The van der Waals surface area contributed by atoms with Gasteiger partial charge in [-0.05, 0) is 37.2 Å². The summed E-state index contributed by atoms with van der Waals surface area (Å²) < 4.78 is 5.69. The van der Waals surface area contributed by atoms with E-state index >= 15 is 0 Å². The zero-order chi connectivity index (χ0) is 10.0. The van der Waals surface area contributed by atoms with Gasteiger partial charge in [0.2, 0.25) is 5.91 Å². The molecule has 0 aromatic rings. The van der Waals surface area contributed by atoms with Gasteiger partial charge in [0.1, 0.15) is 6.61 Å². The normalized spacial score (nSPS) is 39.2. The van der Waals surface area contributed by atoms with Crippen LogP contribution < -0.4 is 5.32 Å². The third-order valence-corrected chi connectivity index (χ3v) is 4.41. The Bertz CT molecular complexity index is 216. The molecule has 1 N–H and O–H groups in total. The number of morpholine rings is 1. The van der Waals surface area contributed by atoms with E-state index in [2.05, 4.69) is 12.2 Å². The lowest BCUT2D eigenvalue weighted by Crippen LogP contribution is -2.55. The maximum Gasteiger partial charge on any atom is 0.246 e. The Balaban J connectivity index is 1.96. The van der Waals surface area contributed by atoms with Crippen molar-refractivity contribution in [2.45, 2.75) is 25.4 Å². The van der Waals surface area contributed by atoms with E-state index in [4.69, 9.17) is 4.74 Å². The molecule has 0 bridgehead atoms. The van der Waals surface area contributed by atoms with Crippen LogP contribution in [0.25, 0.3) is 0 Å². The second-order valence-corrected chi connectivity index (χ2v) is 5.44. The monoisotopic (exact) mass is 215 g/mol. The maximum atomic E-state index is 11.0. The molecule has 0 aliphatic carbocycles. The Morgan fingerprint density at radius 3 is 3.07 bits per heavy atom. The van der Waals surface area contributed by atoms with Crippen molar-refractivity contribution in [3.63, 3.8) is 0 Å². The van der Waals surface area contributed by atoms with Crippen molar-refractivity contribution in [3.8, 4) is 0 Å². The van der Waals surface area contributed by atoms with Gasteiger partial charge in [-0.2, -0.15) is 11.8 Å². The standard InChI is InChI=1S/C10H17NO2S/c1-10(7-11-9(12)5-13-10)8-3-2-4-14-6-8/h8H,2-7H2,1H3,(H,11,12). The van der Waals surface area contributed by atoms with Gasteiger partial charge in [0.25, 0.3) is 0 Å². The highest BCUT2D eigenvalue weighted by atomic mass is 32.2. The van der Waals surface area contributed by atoms with Crippen molar-refractivity contribution in [3.05, 3.63) is 0 Å². The number of hydrogen-bond donors (Lipinski definition) is 1. The van der Waals surface area contributed by atoms with Gasteiger partial charge in [-0.25, -0.2) is 0 Å². The van der Waals surface area contributed by atoms with E-state index in [1.807, 2.05) is 11.8 Å². The molecule has 2 saturated heterocycles. The number of nitrogens with one attached hydrogen (secondary N) is 1. The summed E-state index contributed by atoms with van der Waals surface area (Å²) >= 11 is 2.00. The Morgan fingerprint density at radius 1 is 1.64 bits per heavy atom. The SMILES string of the molecule is CC1(C2CCCSC2)CNC(=O)CO1. The molecule has 0 spiro atoms. The molecular weight excluding hydrogens is 198 g/mol. The lowest BCUT2D eigenvalue weighted by atomic mass is 9.85. The fourth-order valence-corrected chi connectivity index (χ4v) is 3.43. The molecule has 2 fully saturated rings. The van der Waals surface area contributed by atoms with Crippen molar-refractivity contribution >= 4 is 17.7 Å². The van der Waals surface area contributed by atoms with Crippen LogP contribution in [0, 0.1) is 5.92 Å². The number of carbonyl (C=O) groups is 1. The molecule has 3 nitrogen and oxygen atoms in total. The Hall–Kier alpha value is -0.220. The van der Waals surface area contributed by atoms with E-state index in [-0.39, 0.29) is 18.1 Å². The van der Waals surface area contributed by atoms with Gasteiger partial charge in [-0.1, -0.05) is 0 Å². The van der Waals surface area contributed by atoms with Crippen molar-refractivity contribution in [1.82, 2.24) is 5.32 Å². The Kier molecular flexibility index (Phi) is 3.02. The van der Waals surface area contributed by atoms with E-state index in [1.165, 1.54) is 24.3 Å². The molecule has 2 rings (SSSR count). The van der Waals surface area contributed by atoms with Crippen LogP contribution in [-0.4, -0.2) is 36.2 Å². The first-order valence-corrected chi connectivity index (χ1v) is 6.34. The molecule has 80 valence electrons. The molecule has 2 unspecified atom stereocenters. The van der Waals surface area contributed by atoms with Crippen LogP contribution >= 0.6 is 11.8 Å². The van der Waals surface area contributed by atoms with Crippen LogP contribution in [0.1, 0.15) is 19.8 Å². The van der Waals surface area contributed by atoms with Crippen molar-refractivity contribution in [1.29, 1.82) is 0 Å². The van der Waals surface area contributed by atoms with Gasteiger partial charge < -0.3 is 10.1 Å². The number of rotatable bonds is 1. The largest absolute Gasteiger partial charge is 0.363 e. The van der Waals surface area contributed by atoms with E-state index in [9.17, 15) is 4.79 Å². The summed E-state index contributed by atoms with van der Waals surface area (Å²) in [6, 6.07) is 0. The van der Waals surface area contributed by atoms with Gasteiger partial charge in [-0.3, -0.25) is 4.79 Å². The van der Waals surface area contributed by atoms with Gasteiger partial charge in [0, 0.05) is 6.54 Å². The molecule has 2 aliphatic heterocycles. The molecule has 4 heteroatoms. The summed E-state index contributed by atoms with van der Waals surface area (Å²) in [6.45, 7) is 3.04. The van der Waals surface area contributed by atoms with E-state index in [0.29, 0.717) is 12.5 Å². The quantitative estimate of drug-likeness (QED) is 0.710. The number of amides is 1. The summed E-state index contributed by atoms with van der Waals surface area (Å²) in [4.78, 5) is 11.0. The second-order valence-electron chi connectivity index (χ2n) is 4.29. The second kappa shape index (κ2) is 4.11.